The lowest BCUT2D eigenvalue weighted by molar-refractivity contribution is 0.0989. The average Bonchev–Trinajstić information content (AvgIpc) is 3.46. The van der Waals surface area contributed by atoms with E-state index in [0.29, 0.717) is 27.6 Å². The van der Waals surface area contributed by atoms with Crippen molar-refractivity contribution in [3.05, 3.63) is 120 Å². The predicted octanol–water partition coefficient (Wildman–Crippen LogP) is 5.40. The Morgan fingerprint density at radius 3 is 2.10 bits per heavy atom. The number of para-hydroxylation sites is 3. The SMILES string of the molecule is O.O=C(O)Nc1ccccc1NC(=O)c1ccc(C(=O)N(Nc2nc(-c3cccnc3)cs2)c2ccccc2)cc1. The second-order valence-electron chi connectivity index (χ2n) is 8.37. The molecule has 2 heterocycles. The zero-order valence-corrected chi connectivity index (χ0v) is 22.1. The van der Waals surface area contributed by atoms with Crippen molar-refractivity contribution in [2.45, 2.75) is 0 Å². The molecule has 5 rings (SSSR count). The predicted molar refractivity (Wildman–Crippen MR) is 158 cm³/mol. The number of hydrogen-bond acceptors (Lipinski definition) is 7. The smallest absolute Gasteiger partial charge is 0.409 e. The van der Waals surface area contributed by atoms with Crippen LogP contribution in [0, 0.1) is 0 Å². The number of aromatic nitrogens is 2. The van der Waals surface area contributed by atoms with Crippen LogP contribution in [-0.2, 0) is 0 Å². The molecule has 6 N–H and O–H groups in total. The number of rotatable bonds is 8. The van der Waals surface area contributed by atoms with Gasteiger partial charge in [0.2, 0.25) is 5.13 Å². The Kier molecular flexibility index (Phi) is 8.99. The zero-order chi connectivity index (χ0) is 27.9. The van der Waals surface area contributed by atoms with Crippen molar-refractivity contribution in [3.8, 4) is 11.3 Å². The van der Waals surface area contributed by atoms with Crippen molar-refractivity contribution in [1.29, 1.82) is 0 Å². The Morgan fingerprint density at radius 2 is 1.44 bits per heavy atom. The molecule has 206 valence electrons. The molecule has 0 fully saturated rings. The summed E-state index contributed by atoms with van der Waals surface area (Å²) in [6, 6.07) is 25.5. The molecular weight excluding hydrogens is 544 g/mol. The molecule has 0 saturated heterocycles. The first kappa shape index (κ1) is 28.4. The number of benzene rings is 3. The normalized spacial score (nSPS) is 10.1. The number of carbonyl (C=O) groups excluding carboxylic acids is 2. The highest BCUT2D eigenvalue weighted by atomic mass is 32.1. The molecule has 0 unspecified atom stereocenters. The summed E-state index contributed by atoms with van der Waals surface area (Å²) in [5.74, 6) is -0.810. The Balaban J connectivity index is 0.00000387. The number of hydrogen-bond donors (Lipinski definition) is 4. The third-order valence-electron chi connectivity index (χ3n) is 5.70. The molecule has 0 aliphatic rings. The Labute approximate surface area is 238 Å². The van der Waals surface area contributed by atoms with Gasteiger partial charge in [-0.3, -0.25) is 25.3 Å². The first-order valence-electron chi connectivity index (χ1n) is 12.0. The summed E-state index contributed by atoms with van der Waals surface area (Å²) in [6.45, 7) is 0. The number of pyridine rings is 1. The van der Waals surface area contributed by atoms with E-state index in [1.165, 1.54) is 28.5 Å². The monoisotopic (exact) mass is 568 g/mol. The maximum absolute atomic E-state index is 13.6. The van der Waals surface area contributed by atoms with Gasteiger partial charge in [-0.05, 0) is 60.7 Å². The number of nitrogens with zero attached hydrogens (tertiary/aromatic N) is 3. The van der Waals surface area contributed by atoms with Crippen LogP contribution in [0.2, 0.25) is 0 Å². The second kappa shape index (κ2) is 13.0. The van der Waals surface area contributed by atoms with Crippen LogP contribution in [0.5, 0.6) is 0 Å². The molecule has 3 aromatic carbocycles. The van der Waals surface area contributed by atoms with Crippen molar-refractivity contribution < 1.29 is 25.0 Å². The number of hydrazine groups is 1. The lowest BCUT2D eigenvalue weighted by Gasteiger charge is -2.23. The first-order valence-corrected chi connectivity index (χ1v) is 12.9. The maximum atomic E-state index is 13.6. The number of amides is 3. The van der Waals surface area contributed by atoms with Gasteiger partial charge in [0.25, 0.3) is 11.8 Å². The van der Waals surface area contributed by atoms with E-state index in [-0.39, 0.29) is 17.1 Å². The highest BCUT2D eigenvalue weighted by Gasteiger charge is 2.20. The van der Waals surface area contributed by atoms with Gasteiger partial charge < -0.3 is 15.9 Å². The van der Waals surface area contributed by atoms with Gasteiger partial charge in [-0.2, -0.15) is 0 Å². The highest BCUT2D eigenvalue weighted by Crippen LogP contribution is 2.27. The fourth-order valence-corrected chi connectivity index (χ4v) is 4.49. The van der Waals surface area contributed by atoms with Crippen LogP contribution < -0.4 is 21.1 Å². The molecule has 0 aliphatic heterocycles. The van der Waals surface area contributed by atoms with E-state index in [9.17, 15) is 14.4 Å². The molecule has 0 radical (unpaired) electrons. The van der Waals surface area contributed by atoms with Gasteiger partial charge in [-0.1, -0.05) is 30.3 Å². The van der Waals surface area contributed by atoms with Crippen molar-refractivity contribution in [2.24, 2.45) is 0 Å². The third-order valence-corrected chi connectivity index (χ3v) is 6.44. The standard InChI is InChI=1S/C29H22N6O4S.H2O/c36-26(31-23-10-4-5-11-24(23)33-29(38)39)19-12-14-20(15-13-19)27(37)35(22-8-2-1-3-9-22)34-28-32-25(18-40-28)21-7-6-16-30-17-21;/h1-18,33H,(H,31,36)(H,32,34)(H,38,39);1H2. The van der Waals surface area contributed by atoms with Crippen LogP contribution in [-0.4, -0.2) is 38.5 Å². The van der Waals surface area contributed by atoms with E-state index >= 15 is 0 Å². The molecule has 12 heteroatoms. The molecule has 0 aliphatic carbocycles. The largest absolute Gasteiger partial charge is 0.465 e. The molecular formula is C29H24N6O5S. The molecule has 11 nitrogen and oxygen atoms in total. The summed E-state index contributed by atoms with van der Waals surface area (Å²) in [5, 5.41) is 17.8. The molecule has 5 aromatic rings. The Bertz CT molecular complexity index is 1650. The van der Waals surface area contributed by atoms with Gasteiger partial charge in [0, 0.05) is 34.5 Å². The third kappa shape index (κ3) is 6.89. The van der Waals surface area contributed by atoms with Gasteiger partial charge in [0.15, 0.2) is 0 Å². The van der Waals surface area contributed by atoms with E-state index < -0.39 is 12.0 Å². The van der Waals surface area contributed by atoms with Crippen LogP contribution in [0.1, 0.15) is 20.7 Å². The minimum absolute atomic E-state index is 0. The summed E-state index contributed by atoms with van der Waals surface area (Å²) >= 11 is 1.35. The van der Waals surface area contributed by atoms with Crippen LogP contribution in [0.25, 0.3) is 11.3 Å². The van der Waals surface area contributed by atoms with Crippen LogP contribution >= 0.6 is 11.3 Å². The van der Waals surface area contributed by atoms with Gasteiger partial charge in [-0.25, -0.2) is 14.8 Å². The van der Waals surface area contributed by atoms with E-state index in [2.05, 4.69) is 26.0 Å². The molecule has 0 saturated carbocycles. The van der Waals surface area contributed by atoms with Gasteiger partial charge in [0.1, 0.15) is 0 Å². The number of thiazole rings is 1. The molecule has 3 amide bonds. The highest BCUT2D eigenvalue weighted by molar-refractivity contribution is 7.14. The first-order chi connectivity index (χ1) is 19.5. The maximum Gasteiger partial charge on any atom is 0.409 e. The summed E-state index contributed by atoms with van der Waals surface area (Å²) in [7, 11) is 0. The van der Waals surface area contributed by atoms with E-state index in [4.69, 9.17) is 5.11 Å². The summed E-state index contributed by atoms with van der Waals surface area (Å²) < 4.78 is 0. The van der Waals surface area contributed by atoms with Crippen molar-refractivity contribution in [2.75, 3.05) is 21.1 Å². The Morgan fingerprint density at radius 1 is 0.780 bits per heavy atom. The zero-order valence-electron chi connectivity index (χ0n) is 21.3. The number of carbonyl (C=O) groups is 3. The average molecular weight is 569 g/mol. The topological polar surface area (TPSA) is 168 Å². The number of nitrogens with one attached hydrogen (secondary N) is 3. The second-order valence-corrected chi connectivity index (χ2v) is 9.23. The van der Waals surface area contributed by atoms with Gasteiger partial charge in [-0.15, -0.1) is 11.3 Å². The van der Waals surface area contributed by atoms with Gasteiger partial charge >= 0.3 is 6.09 Å². The molecule has 0 bridgehead atoms. The molecule has 2 aromatic heterocycles. The lowest BCUT2D eigenvalue weighted by atomic mass is 10.1. The fraction of sp³-hybridized carbons (Fsp3) is 0. The van der Waals surface area contributed by atoms with E-state index in [1.54, 1.807) is 60.9 Å². The van der Waals surface area contributed by atoms with Crippen molar-refractivity contribution >= 4 is 51.4 Å². The van der Waals surface area contributed by atoms with Crippen LogP contribution in [0.3, 0.4) is 0 Å². The van der Waals surface area contributed by atoms with E-state index in [0.717, 1.165) is 11.3 Å². The number of carboxylic acid groups (broad SMARTS) is 1. The van der Waals surface area contributed by atoms with E-state index in [1.807, 2.05) is 35.7 Å². The van der Waals surface area contributed by atoms with Crippen LogP contribution in [0.15, 0.2) is 109 Å². The molecule has 41 heavy (non-hydrogen) atoms. The van der Waals surface area contributed by atoms with Crippen molar-refractivity contribution in [1.82, 2.24) is 9.97 Å². The van der Waals surface area contributed by atoms with Gasteiger partial charge in [0.05, 0.1) is 22.8 Å². The quantitative estimate of drug-likeness (QED) is 0.182. The fourth-order valence-electron chi connectivity index (χ4n) is 3.78. The lowest BCUT2D eigenvalue weighted by Crippen LogP contribution is -2.36. The Hall–Kier alpha value is -5.59. The minimum atomic E-state index is -1.24. The minimum Gasteiger partial charge on any atom is -0.465 e. The summed E-state index contributed by atoms with van der Waals surface area (Å²) in [5.41, 5.74) is 6.50. The summed E-state index contributed by atoms with van der Waals surface area (Å²) in [4.78, 5) is 46.2. The summed E-state index contributed by atoms with van der Waals surface area (Å²) in [6.07, 6.45) is 2.17. The van der Waals surface area contributed by atoms with Crippen molar-refractivity contribution in [3.63, 3.8) is 0 Å². The number of anilines is 4. The van der Waals surface area contributed by atoms with Crippen LogP contribution in [0.4, 0.5) is 27.0 Å². The molecule has 0 spiro atoms. The molecule has 0 atom stereocenters.